The Balaban J connectivity index is 1.83. The lowest BCUT2D eigenvalue weighted by Gasteiger charge is -2.16. The second-order valence-corrected chi connectivity index (χ2v) is 6.73. The summed E-state index contributed by atoms with van der Waals surface area (Å²) in [7, 11) is 0. The normalized spacial score (nSPS) is 11.7. The Morgan fingerprint density at radius 2 is 1.88 bits per heavy atom. The highest BCUT2D eigenvalue weighted by atomic mass is 32.1. The summed E-state index contributed by atoms with van der Waals surface area (Å²) in [5, 5.41) is 6.29. The minimum Gasteiger partial charge on any atom is -0.363 e. The summed E-state index contributed by atoms with van der Waals surface area (Å²) in [6.45, 7) is 0. The van der Waals surface area contributed by atoms with E-state index in [0.29, 0.717) is 5.69 Å². The molecular weight excluding hydrogens is 372 g/mol. The minimum atomic E-state index is -1.10. The van der Waals surface area contributed by atoms with Crippen LogP contribution in [0, 0.1) is 0 Å². The Hall–Kier alpha value is -2.91. The van der Waals surface area contributed by atoms with Gasteiger partial charge in [-0.2, -0.15) is 20.1 Å². The molecule has 0 aliphatic rings. The zero-order chi connectivity index (χ0) is 18.5. The Morgan fingerprint density at radius 1 is 1.12 bits per heavy atom. The molecule has 0 saturated heterocycles. The number of carbonyl (C=O) groups is 3. The van der Waals surface area contributed by atoms with Gasteiger partial charge in [0, 0.05) is 17.4 Å². The van der Waals surface area contributed by atoms with Crippen LogP contribution in [0.4, 0.5) is 0 Å². The molecule has 132 valence electrons. The van der Waals surface area contributed by atoms with Crippen molar-refractivity contribution in [3.63, 3.8) is 0 Å². The fourth-order valence-electron chi connectivity index (χ4n) is 2.38. The SMILES string of the molecule is NC(=O)C(=O)C(Cc1ccccc1)NC(=O)c1nsnc1-c1ccsc1. The molecule has 0 aliphatic heterocycles. The Morgan fingerprint density at radius 3 is 2.54 bits per heavy atom. The molecule has 3 aromatic rings. The molecule has 2 amide bonds. The number of nitrogens with one attached hydrogen (secondary N) is 1. The number of primary amides is 1. The van der Waals surface area contributed by atoms with Crippen LogP contribution in [-0.4, -0.2) is 32.4 Å². The van der Waals surface area contributed by atoms with Gasteiger partial charge in [0.05, 0.1) is 11.7 Å². The first kappa shape index (κ1) is 17.9. The van der Waals surface area contributed by atoms with E-state index >= 15 is 0 Å². The molecule has 0 aliphatic carbocycles. The zero-order valence-electron chi connectivity index (χ0n) is 13.4. The molecule has 2 aromatic heterocycles. The third-order valence-electron chi connectivity index (χ3n) is 3.65. The highest BCUT2D eigenvalue weighted by Gasteiger charge is 2.28. The van der Waals surface area contributed by atoms with E-state index in [0.717, 1.165) is 22.9 Å². The highest BCUT2D eigenvalue weighted by molar-refractivity contribution is 7.08. The number of nitrogens with two attached hydrogens (primary N) is 1. The van der Waals surface area contributed by atoms with Crippen LogP contribution in [0.15, 0.2) is 47.2 Å². The molecule has 26 heavy (non-hydrogen) atoms. The lowest BCUT2D eigenvalue weighted by Crippen LogP contribution is -2.47. The van der Waals surface area contributed by atoms with Gasteiger partial charge in [-0.3, -0.25) is 14.4 Å². The predicted octanol–water partition coefficient (Wildman–Crippen LogP) is 1.66. The van der Waals surface area contributed by atoms with Crippen LogP contribution in [0.1, 0.15) is 16.1 Å². The molecule has 0 fully saturated rings. The van der Waals surface area contributed by atoms with Crippen LogP contribution >= 0.6 is 23.1 Å². The quantitative estimate of drug-likeness (QED) is 0.599. The van der Waals surface area contributed by atoms with Gasteiger partial charge >= 0.3 is 0 Å². The lowest BCUT2D eigenvalue weighted by atomic mass is 10.0. The largest absolute Gasteiger partial charge is 0.363 e. The van der Waals surface area contributed by atoms with Crippen molar-refractivity contribution >= 4 is 40.7 Å². The number of ketones is 1. The average molecular weight is 386 g/mol. The highest BCUT2D eigenvalue weighted by Crippen LogP contribution is 2.24. The molecule has 2 heterocycles. The summed E-state index contributed by atoms with van der Waals surface area (Å²) in [6.07, 6.45) is 0.152. The molecule has 3 N–H and O–H groups in total. The van der Waals surface area contributed by atoms with Gasteiger partial charge in [0.25, 0.3) is 11.8 Å². The van der Waals surface area contributed by atoms with E-state index in [4.69, 9.17) is 5.73 Å². The number of rotatable bonds is 7. The van der Waals surface area contributed by atoms with E-state index < -0.39 is 23.6 Å². The molecule has 7 nitrogen and oxygen atoms in total. The Kier molecular flexibility index (Phi) is 5.49. The number of aromatic nitrogens is 2. The van der Waals surface area contributed by atoms with Gasteiger partial charge in [-0.25, -0.2) is 0 Å². The second-order valence-electron chi connectivity index (χ2n) is 5.42. The third-order valence-corrected chi connectivity index (χ3v) is 4.86. The van der Waals surface area contributed by atoms with Crippen LogP contribution in [-0.2, 0) is 16.0 Å². The van der Waals surface area contributed by atoms with E-state index in [9.17, 15) is 14.4 Å². The summed E-state index contributed by atoms with van der Waals surface area (Å²) < 4.78 is 8.18. The van der Waals surface area contributed by atoms with Crippen LogP contribution < -0.4 is 11.1 Å². The van der Waals surface area contributed by atoms with Crippen LogP contribution in [0.3, 0.4) is 0 Å². The fourth-order valence-corrected chi connectivity index (χ4v) is 3.59. The van der Waals surface area contributed by atoms with Crippen LogP contribution in [0.2, 0.25) is 0 Å². The summed E-state index contributed by atoms with van der Waals surface area (Å²) >= 11 is 2.38. The number of hydrogen-bond donors (Lipinski definition) is 2. The van der Waals surface area contributed by atoms with Crippen molar-refractivity contribution in [2.45, 2.75) is 12.5 Å². The van der Waals surface area contributed by atoms with Crippen molar-refractivity contribution in [1.29, 1.82) is 0 Å². The molecule has 0 spiro atoms. The van der Waals surface area contributed by atoms with Crippen molar-refractivity contribution in [1.82, 2.24) is 14.1 Å². The molecule has 1 atom stereocenters. The van der Waals surface area contributed by atoms with Gasteiger partial charge in [0.1, 0.15) is 11.7 Å². The number of thiophene rings is 1. The number of benzene rings is 1. The lowest BCUT2D eigenvalue weighted by molar-refractivity contribution is -0.137. The monoisotopic (exact) mass is 386 g/mol. The van der Waals surface area contributed by atoms with E-state index in [1.165, 1.54) is 11.3 Å². The Labute approximate surface area is 157 Å². The van der Waals surface area contributed by atoms with E-state index in [-0.39, 0.29) is 12.1 Å². The third kappa shape index (κ3) is 4.01. The van der Waals surface area contributed by atoms with Gasteiger partial charge in [-0.1, -0.05) is 30.3 Å². The Bertz CT molecular complexity index is 923. The van der Waals surface area contributed by atoms with Gasteiger partial charge in [-0.15, -0.1) is 0 Å². The molecule has 1 aromatic carbocycles. The smallest absolute Gasteiger partial charge is 0.287 e. The summed E-state index contributed by atoms with van der Waals surface area (Å²) in [6, 6.07) is 9.81. The summed E-state index contributed by atoms with van der Waals surface area (Å²) in [4.78, 5) is 36.1. The molecule has 1 unspecified atom stereocenters. The maximum atomic E-state index is 12.6. The topological polar surface area (TPSA) is 115 Å². The van der Waals surface area contributed by atoms with Gasteiger partial charge in [0.15, 0.2) is 5.69 Å². The van der Waals surface area contributed by atoms with Crippen LogP contribution in [0.25, 0.3) is 11.3 Å². The van der Waals surface area contributed by atoms with Crippen molar-refractivity contribution in [2.24, 2.45) is 5.73 Å². The first-order valence-electron chi connectivity index (χ1n) is 7.60. The second kappa shape index (κ2) is 7.98. The summed E-state index contributed by atoms with van der Waals surface area (Å²) in [5.74, 6) is -2.53. The van der Waals surface area contributed by atoms with E-state index in [1.54, 1.807) is 12.1 Å². The number of carbonyl (C=O) groups excluding carboxylic acids is 3. The van der Waals surface area contributed by atoms with Gasteiger partial charge < -0.3 is 11.1 Å². The first-order valence-corrected chi connectivity index (χ1v) is 9.27. The van der Waals surface area contributed by atoms with E-state index in [1.807, 2.05) is 35.0 Å². The number of hydrogen-bond acceptors (Lipinski definition) is 7. The summed E-state index contributed by atoms with van der Waals surface area (Å²) in [5.41, 5.74) is 7.25. The van der Waals surface area contributed by atoms with Crippen molar-refractivity contribution < 1.29 is 14.4 Å². The van der Waals surface area contributed by atoms with Crippen molar-refractivity contribution in [3.8, 4) is 11.3 Å². The number of nitrogens with zero attached hydrogens (tertiary/aromatic N) is 2. The van der Waals surface area contributed by atoms with Gasteiger partial charge in [0.2, 0.25) is 5.78 Å². The molecular formula is C17H14N4O3S2. The average Bonchev–Trinajstić information content (AvgIpc) is 3.32. The zero-order valence-corrected chi connectivity index (χ0v) is 15.0. The molecule has 9 heteroatoms. The molecule has 0 radical (unpaired) electrons. The predicted molar refractivity (Wildman–Crippen MR) is 98.8 cm³/mol. The molecule has 3 rings (SSSR count). The van der Waals surface area contributed by atoms with Gasteiger partial charge in [-0.05, 0) is 17.0 Å². The maximum Gasteiger partial charge on any atom is 0.287 e. The number of Topliss-reactive ketones (excluding diaryl/α,β-unsaturated/α-hetero) is 1. The molecule has 0 bridgehead atoms. The minimum absolute atomic E-state index is 0.115. The van der Waals surface area contributed by atoms with Crippen LogP contribution in [0.5, 0.6) is 0 Å². The first-order chi connectivity index (χ1) is 12.6. The maximum absolute atomic E-state index is 12.6. The fraction of sp³-hybridized carbons (Fsp3) is 0.118. The number of amides is 2. The standard InChI is InChI=1S/C17H14N4O3S2/c18-16(23)15(22)12(8-10-4-2-1-3-5-10)19-17(24)14-13(20-26-21-14)11-6-7-25-9-11/h1-7,9,12H,8H2,(H2,18,23)(H,19,24). The molecule has 0 saturated carbocycles. The van der Waals surface area contributed by atoms with E-state index in [2.05, 4.69) is 14.1 Å². The van der Waals surface area contributed by atoms with Crippen molar-refractivity contribution in [2.75, 3.05) is 0 Å². The van der Waals surface area contributed by atoms with Crippen molar-refractivity contribution in [3.05, 3.63) is 58.4 Å².